The summed E-state index contributed by atoms with van der Waals surface area (Å²) in [7, 11) is 0. The zero-order chi connectivity index (χ0) is 14.8. The van der Waals surface area contributed by atoms with Gasteiger partial charge in [0.2, 0.25) is 0 Å². The second kappa shape index (κ2) is 5.47. The minimum atomic E-state index is -0.00176. The Morgan fingerprint density at radius 1 is 1.19 bits per heavy atom. The van der Waals surface area contributed by atoms with E-state index in [9.17, 15) is 4.79 Å². The molecule has 1 N–H and O–H groups in total. The van der Waals surface area contributed by atoms with Gasteiger partial charge in [-0.1, -0.05) is 30.0 Å². The molecule has 0 saturated heterocycles. The summed E-state index contributed by atoms with van der Waals surface area (Å²) in [6.45, 7) is 1.54. The quantitative estimate of drug-likeness (QED) is 0.728. The molecular formula is C17H12N2OS. The molecule has 0 aliphatic rings. The summed E-state index contributed by atoms with van der Waals surface area (Å²) in [6.07, 6.45) is 0. The van der Waals surface area contributed by atoms with Crippen molar-refractivity contribution in [2.45, 2.75) is 16.8 Å². The van der Waals surface area contributed by atoms with E-state index in [1.807, 2.05) is 30.3 Å². The van der Waals surface area contributed by atoms with E-state index in [-0.39, 0.29) is 5.78 Å². The Morgan fingerprint density at radius 3 is 2.71 bits per heavy atom. The van der Waals surface area contributed by atoms with Crippen LogP contribution < -0.4 is 0 Å². The highest BCUT2D eigenvalue weighted by atomic mass is 32.2. The number of nitriles is 1. The number of Topliss-reactive ketones (excluding diaryl/α,β-unsaturated/α-hetero) is 1. The number of carbonyl (C=O) groups excluding carboxylic acids is 1. The molecule has 0 unspecified atom stereocenters. The van der Waals surface area contributed by atoms with Crippen LogP contribution in [0.5, 0.6) is 0 Å². The average molecular weight is 292 g/mol. The summed E-state index contributed by atoms with van der Waals surface area (Å²) >= 11 is 1.47. The van der Waals surface area contributed by atoms with Crippen molar-refractivity contribution < 1.29 is 4.79 Å². The van der Waals surface area contributed by atoms with Crippen molar-refractivity contribution in [3.8, 4) is 6.07 Å². The van der Waals surface area contributed by atoms with Crippen LogP contribution >= 0.6 is 11.8 Å². The van der Waals surface area contributed by atoms with Crippen LogP contribution in [0.1, 0.15) is 22.8 Å². The lowest BCUT2D eigenvalue weighted by molar-refractivity contribution is 0.101. The molecule has 3 rings (SSSR count). The molecule has 0 amide bonds. The fourth-order valence-electron chi connectivity index (χ4n) is 2.19. The monoisotopic (exact) mass is 292 g/mol. The molecular weight excluding hydrogens is 280 g/mol. The third kappa shape index (κ3) is 2.69. The maximum absolute atomic E-state index is 11.7. The van der Waals surface area contributed by atoms with Crippen LogP contribution in [0.15, 0.2) is 58.5 Å². The molecule has 0 radical (unpaired) electrons. The molecule has 2 aromatic carbocycles. The van der Waals surface area contributed by atoms with E-state index in [1.54, 1.807) is 18.2 Å². The molecule has 0 fully saturated rings. The lowest BCUT2D eigenvalue weighted by Gasteiger charge is -2.05. The number of fused-ring (bicyclic) bond motifs is 1. The fraction of sp³-hybridized carbons (Fsp3) is 0.0588. The molecule has 0 atom stereocenters. The number of ketones is 1. The number of para-hydroxylation sites is 1. The first kappa shape index (κ1) is 13.5. The minimum absolute atomic E-state index is 0.00176. The summed E-state index contributed by atoms with van der Waals surface area (Å²) in [5.41, 5.74) is 2.25. The van der Waals surface area contributed by atoms with Gasteiger partial charge >= 0.3 is 0 Å². The van der Waals surface area contributed by atoms with Gasteiger partial charge in [-0.2, -0.15) is 5.26 Å². The number of benzene rings is 2. The number of hydrogen-bond donors (Lipinski definition) is 1. The number of H-pyrrole nitrogens is 1. The molecule has 0 saturated carbocycles. The summed E-state index contributed by atoms with van der Waals surface area (Å²) in [4.78, 5) is 15.8. The number of hydrogen-bond acceptors (Lipinski definition) is 3. The van der Waals surface area contributed by atoms with E-state index in [4.69, 9.17) is 5.26 Å². The molecule has 3 nitrogen and oxygen atoms in total. The van der Waals surface area contributed by atoms with Crippen LogP contribution in [0.4, 0.5) is 0 Å². The van der Waals surface area contributed by atoms with Gasteiger partial charge < -0.3 is 4.98 Å². The van der Waals surface area contributed by atoms with Gasteiger partial charge in [0, 0.05) is 21.4 Å². The zero-order valence-corrected chi connectivity index (χ0v) is 12.2. The number of nitrogens with one attached hydrogen (secondary N) is 1. The Balaban J connectivity index is 2.03. The third-order valence-electron chi connectivity index (χ3n) is 3.22. The van der Waals surface area contributed by atoms with E-state index in [0.29, 0.717) is 11.1 Å². The summed E-state index contributed by atoms with van der Waals surface area (Å²) in [6, 6.07) is 17.3. The smallest absolute Gasteiger partial charge is 0.160 e. The SMILES string of the molecule is CC(=O)c1ccc(C#N)cc1Sc1cc2ccccc2[nH]1. The highest BCUT2D eigenvalue weighted by Gasteiger charge is 2.11. The molecule has 21 heavy (non-hydrogen) atoms. The first-order valence-electron chi connectivity index (χ1n) is 6.48. The third-order valence-corrected chi connectivity index (χ3v) is 4.21. The molecule has 1 heterocycles. The van der Waals surface area contributed by atoms with Crippen molar-refractivity contribution in [1.29, 1.82) is 5.26 Å². The Kier molecular flexibility index (Phi) is 3.51. The normalized spacial score (nSPS) is 10.5. The largest absolute Gasteiger partial charge is 0.349 e. The zero-order valence-electron chi connectivity index (χ0n) is 11.4. The van der Waals surface area contributed by atoms with Crippen molar-refractivity contribution in [2.24, 2.45) is 0 Å². The summed E-state index contributed by atoms with van der Waals surface area (Å²) < 4.78 is 0. The highest BCUT2D eigenvalue weighted by molar-refractivity contribution is 7.99. The highest BCUT2D eigenvalue weighted by Crippen LogP contribution is 2.33. The van der Waals surface area contributed by atoms with Gasteiger partial charge in [0.25, 0.3) is 0 Å². The van der Waals surface area contributed by atoms with Crippen molar-refractivity contribution in [3.63, 3.8) is 0 Å². The van der Waals surface area contributed by atoms with Crippen LogP contribution in [0.25, 0.3) is 10.9 Å². The minimum Gasteiger partial charge on any atom is -0.349 e. The van der Waals surface area contributed by atoms with Crippen LogP contribution in [0.2, 0.25) is 0 Å². The molecule has 0 aliphatic carbocycles. The van der Waals surface area contributed by atoms with Crippen LogP contribution in [0, 0.1) is 11.3 Å². The molecule has 0 aliphatic heterocycles. The predicted molar refractivity (Wildman–Crippen MR) is 83.6 cm³/mol. The van der Waals surface area contributed by atoms with E-state index in [0.717, 1.165) is 20.8 Å². The summed E-state index contributed by atoms with van der Waals surface area (Å²) in [5, 5.41) is 11.1. The standard InChI is InChI=1S/C17H12N2OS/c1-11(20)14-7-6-12(10-18)8-16(14)21-17-9-13-4-2-3-5-15(13)19-17/h2-9,19H,1H3. The molecule has 3 aromatic rings. The fourth-order valence-corrected chi connectivity index (χ4v) is 3.28. The van der Waals surface area contributed by atoms with E-state index < -0.39 is 0 Å². The van der Waals surface area contributed by atoms with E-state index in [2.05, 4.69) is 11.1 Å². The van der Waals surface area contributed by atoms with Gasteiger partial charge in [-0.15, -0.1) is 0 Å². The lowest BCUT2D eigenvalue weighted by atomic mass is 10.1. The maximum atomic E-state index is 11.7. The van der Waals surface area contributed by atoms with E-state index in [1.165, 1.54) is 18.7 Å². The van der Waals surface area contributed by atoms with Gasteiger partial charge in [0.1, 0.15) is 0 Å². The van der Waals surface area contributed by atoms with Gasteiger partial charge in [0.05, 0.1) is 16.7 Å². The molecule has 1 aromatic heterocycles. The number of carbonyl (C=O) groups is 1. The second-order valence-corrected chi connectivity index (χ2v) is 5.79. The van der Waals surface area contributed by atoms with Gasteiger partial charge in [-0.25, -0.2) is 0 Å². The number of aromatic amines is 1. The average Bonchev–Trinajstić information content (AvgIpc) is 2.89. The van der Waals surface area contributed by atoms with Gasteiger partial charge in [0.15, 0.2) is 5.78 Å². The van der Waals surface area contributed by atoms with Crippen LogP contribution in [-0.2, 0) is 0 Å². The Bertz CT molecular complexity index is 841. The Hall–Kier alpha value is -2.51. The molecule has 102 valence electrons. The lowest BCUT2D eigenvalue weighted by Crippen LogP contribution is -1.95. The first-order valence-corrected chi connectivity index (χ1v) is 7.30. The van der Waals surface area contributed by atoms with Gasteiger partial charge in [-0.3, -0.25) is 4.79 Å². The Morgan fingerprint density at radius 2 is 2.00 bits per heavy atom. The van der Waals surface area contributed by atoms with Crippen molar-refractivity contribution >= 4 is 28.4 Å². The van der Waals surface area contributed by atoms with Crippen molar-refractivity contribution in [1.82, 2.24) is 4.98 Å². The molecule has 0 spiro atoms. The van der Waals surface area contributed by atoms with Crippen molar-refractivity contribution in [3.05, 3.63) is 59.7 Å². The predicted octanol–water partition coefficient (Wildman–Crippen LogP) is 4.39. The summed E-state index contributed by atoms with van der Waals surface area (Å²) in [5.74, 6) is -0.00176. The topological polar surface area (TPSA) is 56.6 Å². The number of nitrogens with zero attached hydrogens (tertiary/aromatic N) is 1. The van der Waals surface area contributed by atoms with Gasteiger partial charge in [-0.05, 0) is 37.3 Å². The molecule has 0 bridgehead atoms. The number of aromatic nitrogens is 1. The molecule has 4 heteroatoms. The van der Waals surface area contributed by atoms with Crippen LogP contribution in [-0.4, -0.2) is 10.8 Å². The van der Waals surface area contributed by atoms with E-state index >= 15 is 0 Å². The maximum Gasteiger partial charge on any atom is 0.160 e. The number of rotatable bonds is 3. The Labute approximate surface area is 126 Å². The van der Waals surface area contributed by atoms with Crippen LogP contribution in [0.3, 0.4) is 0 Å². The first-order chi connectivity index (χ1) is 10.2. The second-order valence-electron chi connectivity index (χ2n) is 4.70. The van der Waals surface area contributed by atoms with Crippen molar-refractivity contribution in [2.75, 3.05) is 0 Å².